The van der Waals surface area contributed by atoms with Crippen molar-refractivity contribution in [3.05, 3.63) is 35.6 Å². The Bertz CT molecular complexity index is 306. The Morgan fingerprint density at radius 2 is 1.93 bits per heavy atom. The van der Waals surface area contributed by atoms with Crippen LogP contribution in [0.15, 0.2) is 24.3 Å². The fraction of sp³-hybridized carbons (Fsp3) is 0.455. The van der Waals surface area contributed by atoms with Gasteiger partial charge < -0.3 is 10.8 Å². The van der Waals surface area contributed by atoms with Crippen LogP contribution in [-0.4, -0.2) is 11.2 Å². The van der Waals surface area contributed by atoms with Crippen LogP contribution in [0.4, 0.5) is 4.39 Å². The van der Waals surface area contributed by atoms with Gasteiger partial charge >= 0.3 is 0 Å². The monoisotopic (exact) mass is 233 g/mol. The van der Waals surface area contributed by atoms with Gasteiger partial charge in [-0.15, -0.1) is 12.4 Å². The van der Waals surface area contributed by atoms with Gasteiger partial charge in [-0.2, -0.15) is 0 Å². The highest BCUT2D eigenvalue weighted by Crippen LogP contribution is 2.19. The van der Waals surface area contributed by atoms with Gasteiger partial charge in [-0.1, -0.05) is 26.0 Å². The zero-order chi connectivity index (χ0) is 10.7. The van der Waals surface area contributed by atoms with Crippen LogP contribution >= 0.6 is 12.4 Å². The van der Waals surface area contributed by atoms with Crippen molar-refractivity contribution in [2.24, 2.45) is 11.7 Å². The molecule has 0 heterocycles. The van der Waals surface area contributed by atoms with Gasteiger partial charge in [0.15, 0.2) is 0 Å². The molecule has 86 valence electrons. The highest BCUT2D eigenvalue weighted by atomic mass is 35.5. The number of hydrogen-bond acceptors (Lipinski definition) is 2. The van der Waals surface area contributed by atoms with E-state index in [4.69, 9.17) is 5.73 Å². The zero-order valence-electron chi connectivity index (χ0n) is 8.85. The quantitative estimate of drug-likeness (QED) is 0.841. The molecule has 3 N–H and O–H groups in total. The molecule has 4 heteroatoms. The average Bonchev–Trinajstić information content (AvgIpc) is 2.15. The number of benzene rings is 1. The van der Waals surface area contributed by atoms with Crippen LogP contribution in [0.2, 0.25) is 0 Å². The van der Waals surface area contributed by atoms with Crippen LogP contribution in [-0.2, 0) is 0 Å². The molecule has 1 aromatic carbocycles. The molecule has 0 saturated carbocycles. The highest BCUT2D eigenvalue weighted by Gasteiger charge is 2.19. The third-order valence-electron chi connectivity index (χ3n) is 2.28. The second kappa shape index (κ2) is 6.05. The van der Waals surface area contributed by atoms with E-state index in [2.05, 4.69) is 0 Å². The summed E-state index contributed by atoms with van der Waals surface area (Å²) in [6, 6.07) is 5.51. The molecule has 0 saturated heterocycles. The molecule has 0 radical (unpaired) electrons. The van der Waals surface area contributed by atoms with Gasteiger partial charge in [-0.3, -0.25) is 0 Å². The third kappa shape index (κ3) is 3.78. The molecule has 1 aromatic rings. The van der Waals surface area contributed by atoms with Gasteiger partial charge in [0.25, 0.3) is 0 Å². The summed E-state index contributed by atoms with van der Waals surface area (Å²) in [6.07, 6.45) is -0.642. The minimum Gasteiger partial charge on any atom is -0.391 e. The van der Waals surface area contributed by atoms with Crippen molar-refractivity contribution in [2.45, 2.75) is 26.0 Å². The lowest BCUT2D eigenvalue weighted by atomic mass is 9.94. The molecule has 0 aliphatic heterocycles. The van der Waals surface area contributed by atoms with Gasteiger partial charge in [0, 0.05) is 0 Å². The summed E-state index contributed by atoms with van der Waals surface area (Å²) in [5, 5.41) is 9.69. The summed E-state index contributed by atoms with van der Waals surface area (Å²) >= 11 is 0. The van der Waals surface area contributed by atoms with Crippen molar-refractivity contribution in [1.29, 1.82) is 0 Å². The first-order valence-corrected chi connectivity index (χ1v) is 4.71. The molecule has 0 spiro atoms. The van der Waals surface area contributed by atoms with E-state index in [1.54, 1.807) is 12.1 Å². The first kappa shape index (κ1) is 14.4. The van der Waals surface area contributed by atoms with E-state index in [1.807, 2.05) is 13.8 Å². The lowest BCUT2D eigenvalue weighted by Gasteiger charge is -2.22. The van der Waals surface area contributed by atoms with Gasteiger partial charge in [-0.25, -0.2) is 4.39 Å². The fourth-order valence-electron chi connectivity index (χ4n) is 1.33. The summed E-state index contributed by atoms with van der Waals surface area (Å²) in [4.78, 5) is 0. The average molecular weight is 234 g/mol. The molecule has 0 bridgehead atoms. The summed E-state index contributed by atoms with van der Waals surface area (Å²) in [5.74, 6) is -0.262. The van der Waals surface area contributed by atoms with Crippen molar-refractivity contribution < 1.29 is 9.50 Å². The number of aliphatic hydroxyl groups excluding tert-OH is 1. The third-order valence-corrected chi connectivity index (χ3v) is 2.28. The van der Waals surface area contributed by atoms with Crippen LogP contribution in [0.25, 0.3) is 0 Å². The van der Waals surface area contributed by atoms with Gasteiger partial charge in [0.1, 0.15) is 5.82 Å². The first-order chi connectivity index (χ1) is 6.52. The summed E-state index contributed by atoms with van der Waals surface area (Å²) < 4.78 is 12.9. The predicted octanol–water partition coefficient (Wildman–Crippen LogP) is 2.26. The summed E-state index contributed by atoms with van der Waals surface area (Å²) in [5.41, 5.74) is 6.42. The van der Waals surface area contributed by atoms with E-state index < -0.39 is 12.1 Å². The Kier molecular flexibility index (Phi) is 5.80. The second-order valence-electron chi connectivity index (χ2n) is 3.82. The minimum atomic E-state index is -0.642. The van der Waals surface area contributed by atoms with Crippen LogP contribution in [0.1, 0.15) is 25.5 Å². The zero-order valence-corrected chi connectivity index (χ0v) is 9.67. The minimum absolute atomic E-state index is 0. The van der Waals surface area contributed by atoms with Crippen molar-refractivity contribution in [3.8, 4) is 0 Å². The van der Waals surface area contributed by atoms with Crippen molar-refractivity contribution >= 4 is 12.4 Å². The summed E-state index contributed by atoms with van der Waals surface area (Å²) in [7, 11) is 0. The number of nitrogens with two attached hydrogens (primary N) is 1. The molecule has 0 unspecified atom stereocenters. The maximum absolute atomic E-state index is 12.9. The van der Waals surface area contributed by atoms with E-state index in [0.29, 0.717) is 5.56 Å². The lowest BCUT2D eigenvalue weighted by molar-refractivity contribution is 0.0978. The number of hydrogen-bond donors (Lipinski definition) is 2. The maximum Gasteiger partial charge on any atom is 0.123 e. The predicted molar refractivity (Wildman–Crippen MR) is 61.4 cm³/mol. The largest absolute Gasteiger partial charge is 0.391 e. The molecular formula is C11H17ClFNO. The van der Waals surface area contributed by atoms with E-state index in [-0.39, 0.29) is 24.1 Å². The van der Waals surface area contributed by atoms with Crippen LogP contribution in [0.3, 0.4) is 0 Å². The fourth-order valence-corrected chi connectivity index (χ4v) is 1.33. The Balaban J connectivity index is 0.00000196. The molecule has 0 amide bonds. The van der Waals surface area contributed by atoms with Crippen molar-refractivity contribution in [2.75, 3.05) is 0 Å². The maximum atomic E-state index is 12.9. The lowest BCUT2D eigenvalue weighted by Crippen LogP contribution is -2.30. The van der Waals surface area contributed by atoms with Crippen molar-refractivity contribution in [3.63, 3.8) is 0 Å². The normalized spacial score (nSPS) is 14.5. The Hall–Kier alpha value is -0.640. The van der Waals surface area contributed by atoms with Crippen LogP contribution in [0, 0.1) is 11.7 Å². The Labute approximate surface area is 95.7 Å². The summed E-state index contributed by atoms with van der Waals surface area (Å²) in [6.45, 7) is 3.76. The molecule has 0 fully saturated rings. The van der Waals surface area contributed by atoms with E-state index in [0.717, 1.165) is 0 Å². The molecule has 15 heavy (non-hydrogen) atoms. The second-order valence-corrected chi connectivity index (χ2v) is 3.82. The Morgan fingerprint density at radius 1 is 1.33 bits per heavy atom. The molecule has 0 aliphatic rings. The van der Waals surface area contributed by atoms with E-state index in [9.17, 15) is 9.50 Å². The van der Waals surface area contributed by atoms with E-state index in [1.165, 1.54) is 12.1 Å². The van der Waals surface area contributed by atoms with Crippen LogP contribution < -0.4 is 5.73 Å². The van der Waals surface area contributed by atoms with Gasteiger partial charge in [0.05, 0.1) is 12.1 Å². The first-order valence-electron chi connectivity index (χ1n) is 4.71. The molecule has 0 aliphatic carbocycles. The Morgan fingerprint density at radius 3 is 2.40 bits per heavy atom. The van der Waals surface area contributed by atoms with Crippen LogP contribution in [0.5, 0.6) is 0 Å². The van der Waals surface area contributed by atoms with Crippen molar-refractivity contribution in [1.82, 2.24) is 0 Å². The van der Waals surface area contributed by atoms with Gasteiger partial charge in [0.2, 0.25) is 0 Å². The smallest absolute Gasteiger partial charge is 0.123 e. The van der Waals surface area contributed by atoms with E-state index >= 15 is 0 Å². The molecular weight excluding hydrogens is 217 g/mol. The number of halogens is 2. The molecule has 0 aromatic heterocycles. The topological polar surface area (TPSA) is 46.2 Å². The highest BCUT2D eigenvalue weighted by molar-refractivity contribution is 5.85. The molecule has 2 atom stereocenters. The molecule has 1 rings (SSSR count). The number of aliphatic hydroxyl groups is 1. The van der Waals surface area contributed by atoms with Gasteiger partial charge in [-0.05, 0) is 23.6 Å². The number of rotatable bonds is 3. The molecule has 2 nitrogen and oxygen atoms in total. The SMILES string of the molecule is CC(C)[C@@H](O)[C@@H](N)c1cccc(F)c1.Cl. The standard InChI is InChI=1S/C11H16FNO.ClH/c1-7(2)11(14)10(13)8-4-3-5-9(12)6-8;/h3-7,10-11,14H,13H2,1-2H3;1H/t10-,11+;/m0./s1.